The third kappa shape index (κ3) is 4.10. The van der Waals surface area contributed by atoms with Gasteiger partial charge in [0.05, 0.1) is 5.02 Å². The average molecular weight is 483 g/mol. The quantitative estimate of drug-likeness (QED) is 0.367. The van der Waals surface area contributed by atoms with Crippen molar-refractivity contribution in [2.75, 3.05) is 5.32 Å². The van der Waals surface area contributed by atoms with Gasteiger partial charge in [-0.3, -0.25) is 4.79 Å². The smallest absolute Gasteiger partial charge is 0.226 e. The van der Waals surface area contributed by atoms with Gasteiger partial charge >= 0.3 is 0 Å². The predicted octanol–water partition coefficient (Wildman–Crippen LogP) is 6.20. The molecule has 0 spiro atoms. The van der Waals surface area contributed by atoms with Crippen molar-refractivity contribution in [2.45, 2.75) is 31.9 Å². The number of fused-ring (bicyclic) bond motifs is 1. The number of anilines is 1. The summed E-state index contributed by atoms with van der Waals surface area (Å²) in [6.07, 6.45) is 2.15. The number of carbonyl (C=O) groups excluding carboxylic acids is 1. The molecule has 3 aromatic carbocycles. The number of hydrogen-bond donors (Lipinski definition) is 1. The molecule has 1 atom stereocenters. The molecule has 35 heavy (non-hydrogen) atoms. The number of nitrogens with zero attached hydrogens (tertiary/aromatic N) is 3. The molecule has 0 saturated heterocycles. The first-order valence-corrected chi connectivity index (χ1v) is 12.1. The van der Waals surface area contributed by atoms with Gasteiger partial charge in [-0.25, -0.2) is 4.68 Å². The second kappa shape index (κ2) is 9.04. The van der Waals surface area contributed by atoms with Gasteiger partial charge in [0, 0.05) is 23.3 Å². The van der Waals surface area contributed by atoms with E-state index < -0.39 is 6.04 Å². The standard InChI is InChI=1S/C28H23ClN4O2/c29-22-13-5-4-12-21(22)27-31-28-30-23-14-7-15-24(34)25(23)26(33(28)32-27)19-10-6-11-20(16-19)35-17-18-8-2-1-3-9-18/h1-6,8-13,16,26H,7,14-15,17H2,(H,30,31,32). The van der Waals surface area contributed by atoms with Gasteiger partial charge in [-0.15, -0.1) is 5.10 Å². The third-order valence-corrected chi connectivity index (χ3v) is 6.73. The van der Waals surface area contributed by atoms with Crippen molar-refractivity contribution in [3.63, 3.8) is 0 Å². The van der Waals surface area contributed by atoms with Gasteiger partial charge in [-0.05, 0) is 48.2 Å². The Balaban J connectivity index is 1.41. The first-order chi connectivity index (χ1) is 17.2. The van der Waals surface area contributed by atoms with E-state index in [0.717, 1.165) is 46.6 Å². The predicted molar refractivity (Wildman–Crippen MR) is 135 cm³/mol. The third-order valence-electron chi connectivity index (χ3n) is 6.41. The first kappa shape index (κ1) is 21.6. The van der Waals surface area contributed by atoms with E-state index in [1.807, 2.05) is 78.9 Å². The topological polar surface area (TPSA) is 69.0 Å². The molecule has 6 nitrogen and oxygen atoms in total. The Bertz CT molecular complexity index is 1440. The van der Waals surface area contributed by atoms with Gasteiger partial charge in [0.25, 0.3) is 0 Å². The normalized spacial score (nSPS) is 16.9. The monoisotopic (exact) mass is 482 g/mol. The van der Waals surface area contributed by atoms with Crippen LogP contribution >= 0.6 is 11.6 Å². The summed E-state index contributed by atoms with van der Waals surface area (Å²) in [5.41, 5.74) is 4.44. The van der Waals surface area contributed by atoms with Crippen LogP contribution in [0.15, 0.2) is 90.1 Å². The molecule has 174 valence electrons. The number of nitrogens with one attached hydrogen (secondary N) is 1. The molecule has 0 fully saturated rings. The van der Waals surface area contributed by atoms with Crippen LogP contribution in [-0.4, -0.2) is 20.5 Å². The van der Waals surface area contributed by atoms with Crippen molar-refractivity contribution in [1.29, 1.82) is 0 Å². The van der Waals surface area contributed by atoms with Crippen LogP contribution in [0.1, 0.15) is 36.4 Å². The number of ether oxygens (including phenoxy) is 1. The van der Waals surface area contributed by atoms with E-state index >= 15 is 0 Å². The highest BCUT2D eigenvalue weighted by molar-refractivity contribution is 6.33. The van der Waals surface area contributed by atoms with Crippen LogP contribution in [0.2, 0.25) is 5.02 Å². The fourth-order valence-corrected chi connectivity index (χ4v) is 4.96. The van der Waals surface area contributed by atoms with Gasteiger partial charge in [0.15, 0.2) is 11.6 Å². The number of allylic oxidation sites excluding steroid dienone is 2. The van der Waals surface area contributed by atoms with Crippen molar-refractivity contribution in [2.24, 2.45) is 0 Å². The summed E-state index contributed by atoms with van der Waals surface area (Å²) in [6, 6.07) is 25.1. The Hall–Kier alpha value is -3.90. The molecule has 0 radical (unpaired) electrons. The van der Waals surface area contributed by atoms with Gasteiger partial charge < -0.3 is 10.1 Å². The van der Waals surface area contributed by atoms with Crippen molar-refractivity contribution >= 4 is 23.3 Å². The Morgan fingerprint density at radius 1 is 1.00 bits per heavy atom. The number of aromatic nitrogens is 3. The van der Waals surface area contributed by atoms with Crippen molar-refractivity contribution in [3.05, 3.63) is 106 Å². The largest absolute Gasteiger partial charge is 0.489 e. The Labute approximate surface area is 208 Å². The highest BCUT2D eigenvalue weighted by Gasteiger charge is 2.37. The molecule has 7 heteroatoms. The minimum Gasteiger partial charge on any atom is -0.489 e. The molecule has 1 N–H and O–H groups in total. The summed E-state index contributed by atoms with van der Waals surface area (Å²) in [5, 5.41) is 8.77. The van der Waals surface area contributed by atoms with Gasteiger partial charge in [0.2, 0.25) is 5.95 Å². The minimum atomic E-state index is -0.391. The molecule has 2 aliphatic rings. The highest BCUT2D eigenvalue weighted by atomic mass is 35.5. The summed E-state index contributed by atoms with van der Waals surface area (Å²) in [5.74, 6) is 2.00. The van der Waals surface area contributed by atoms with E-state index in [2.05, 4.69) is 5.32 Å². The van der Waals surface area contributed by atoms with Crippen molar-refractivity contribution in [1.82, 2.24) is 14.8 Å². The first-order valence-electron chi connectivity index (χ1n) is 11.7. The van der Waals surface area contributed by atoms with E-state index in [-0.39, 0.29) is 5.78 Å². The van der Waals surface area contributed by atoms with Crippen LogP contribution < -0.4 is 10.1 Å². The number of ketones is 1. The molecule has 6 rings (SSSR count). The Morgan fingerprint density at radius 2 is 1.83 bits per heavy atom. The van der Waals surface area contributed by atoms with E-state index in [9.17, 15) is 4.79 Å². The van der Waals surface area contributed by atoms with E-state index in [0.29, 0.717) is 29.8 Å². The van der Waals surface area contributed by atoms with Crippen LogP contribution in [0.5, 0.6) is 5.75 Å². The zero-order valence-corrected chi connectivity index (χ0v) is 19.7. The van der Waals surface area contributed by atoms with Crippen molar-refractivity contribution in [3.8, 4) is 17.1 Å². The summed E-state index contributed by atoms with van der Waals surface area (Å²) in [6.45, 7) is 0.467. The number of hydrogen-bond acceptors (Lipinski definition) is 5. The SMILES string of the molecule is O=C1CCCC2=C1C(c1cccc(OCc3ccccc3)c1)n1nc(-c3ccccc3Cl)nc1N2. The van der Waals surface area contributed by atoms with Crippen LogP contribution in [0, 0.1) is 0 Å². The molecular formula is C28H23ClN4O2. The summed E-state index contributed by atoms with van der Waals surface area (Å²) in [4.78, 5) is 17.9. The number of Topliss-reactive ketones (excluding diaryl/α,β-unsaturated/α-hetero) is 1. The number of rotatable bonds is 5. The average Bonchev–Trinajstić information content (AvgIpc) is 3.31. The number of halogens is 1. The summed E-state index contributed by atoms with van der Waals surface area (Å²) in [7, 11) is 0. The minimum absolute atomic E-state index is 0.139. The highest BCUT2D eigenvalue weighted by Crippen LogP contribution is 2.41. The molecule has 0 bridgehead atoms. The second-order valence-electron chi connectivity index (χ2n) is 8.73. The lowest BCUT2D eigenvalue weighted by molar-refractivity contribution is -0.116. The van der Waals surface area contributed by atoms with Crippen LogP contribution in [-0.2, 0) is 11.4 Å². The Morgan fingerprint density at radius 3 is 2.69 bits per heavy atom. The lowest BCUT2D eigenvalue weighted by Crippen LogP contribution is -2.31. The fraction of sp³-hybridized carbons (Fsp3) is 0.179. The maximum atomic E-state index is 13.1. The molecule has 1 aliphatic heterocycles. The van der Waals surface area contributed by atoms with Gasteiger partial charge in [0.1, 0.15) is 18.4 Å². The second-order valence-corrected chi connectivity index (χ2v) is 9.13. The van der Waals surface area contributed by atoms with Gasteiger partial charge in [-0.2, -0.15) is 4.98 Å². The van der Waals surface area contributed by atoms with Gasteiger partial charge in [-0.1, -0.05) is 66.2 Å². The molecule has 1 unspecified atom stereocenters. The number of benzene rings is 3. The van der Waals surface area contributed by atoms with E-state index in [1.54, 1.807) is 4.68 Å². The lowest BCUT2D eigenvalue weighted by Gasteiger charge is -2.32. The fourth-order valence-electron chi connectivity index (χ4n) is 4.74. The van der Waals surface area contributed by atoms with Crippen LogP contribution in [0.25, 0.3) is 11.4 Å². The molecule has 1 aliphatic carbocycles. The lowest BCUT2D eigenvalue weighted by atomic mass is 9.85. The summed E-state index contributed by atoms with van der Waals surface area (Å²) >= 11 is 6.44. The number of carbonyl (C=O) groups is 1. The Kier molecular flexibility index (Phi) is 5.58. The molecule has 4 aromatic rings. The molecule has 0 amide bonds. The van der Waals surface area contributed by atoms with Crippen LogP contribution in [0.3, 0.4) is 0 Å². The van der Waals surface area contributed by atoms with Crippen LogP contribution in [0.4, 0.5) is 5.95 Å². The van der Waals surface area contributed by atoms with E-state index in [1.165, 1.54) is 0 Å². The zero-order chi connectivity index (χ0) is 23.8. The maximum absolute atomic E-state index is 13.1. The molecule has 2 heterocycles. The van der Waals surface area contributed by atoms with Crippen molar-refractivity contribution < 1.29 is 9.53 Å². The molecular weight excluding hydrogens is 460 g/mol. The molecule has 1 aromatic heterocycles. The van der Waals surface area contributed by atoms with E-state index in [4.69, 9.17) is 26.4 Å². The zero-order valence-electron chi connectivity index (χ0n) is 18.9. The maximum Gasteiger partial charge on any atom is 0.226 e. The summed E-state index contributed by atoms with van der Waals surface area (Å²) < 4.78 is 7.89. The molecule has 0 saturated carbocycles.